The van der Waals surface area contributed by atoms with Gasteiger partial charge in [-0.3, -0.25) is 0 Å². The maximum atomic E-state index is 12.4. The summed E-state index contributed by atoms with van der Waals surface area (Å²) in [6.07, 6.45) is 0. The first-order valence-corrected chi connectivity index (χ1v) is 9.91. The van der Waals surface area contributed by atoms with Gasteiger partial charge >= 0.3 is 0 Å². The van der Waals surface area contributed by atoms with Gasteiger partial charge < -0.3 is 0 Å². The standard InChI is InChI=1S/C14H15ClN2O4S2/c1-10(13-7-2-3-8-14(13)15)17-23(20,21)12-6-4-5-11(9-12)22(16,18)19/h2-10,17H,1H3,(H2,16,18,19)/t10-/m0/s1. The van der Waals surface area contributed by atoms with E-state index in [4.69, 9.17) is 16.7 Å². The van der Waals surface area contributed by atoms with Crippen molar-refractivity contribution in [2.75, 3.05) is 0 Å². The number of halogens is 1. The van der Waals surface area contributed by atoms with Crippen LogP contribution in [0.5, 0.6) is 0 Å². The average molecular weight is 375 g/mol. The number of hydrogen-bond acceptors (Lipinski definition) is 4. The Balaban J connectivity index is 2.35. The lowest BCUT2D eigenvalue weighted by Crippen LogP contribution is -2.27. The fourth-order valence-corrected chi connectivity index (χ4v) is 4.21. The normalized spacial score (nSPS) is 13.7. The van der Waals surface area contributed by atoms with Crippen molar-refractivity contribution in [3.05, 3.63) is 59.1 Å². The molecule has 0 amide bonds. The van der Waals surface area contributed by atoms with Gasteiger partial charge in [-0.1, -0.05) is 35.9 Å². The van der Waals surface area contributed by atoms with Crippen molar-refractivity contribution in [1.82, 2.24) is 4.72 Å². The van der Waals surface area contributed by atoms with E-state index in [1.807, 2.05) is 0 Å². The molecule has 2 rings (SSSR count). The molecule has 3 N–H and O–H groups in total. The van der Waals surface area contributed by atoms with Crippen molar-refractivity contribution in [1.29, 1.82) is 0 Å². The molecule has 6 nitrogen and oxygen atoms in total. The molecule has 9 heteroatoms. The highest BCUT2D eigenvalue weighted by Gasteiger charge is 2.21. The van der Waals surface area contributed by atoms with Crippen LogP contribution in [0.3, 0.4) is 0 Å². The topological polar surface area (TPSA) is 106 Å². The van der Waals surface area contributed by atoms with Crippen LogP contribution in [-0.2, 0) is 20.0 Å². The highest BCUT2D eigenvalue weighted by molar-refractivity contribution is 7.90. The van der Waals surface area contributed by atoms with Crippen molar-refractivity contribution >= 4 is 31.6 Å². The second kappa shape index (κ2) is 6.58. The Morgan fingerprint density at radius 2 is 1.61 bits per heavy atom. The van der Waals surface area contributed by atoms with E-state index in [0.717, 1.165) is 6.07 Å². The van der Waals surface area contributed by atoms with Crippen molar-refractivity contribution in [2.24, 2.45) is 5.14 Å². The Labute approximate surface area is 140 Å². The number of benzene rings is 2. The van der Waals surface area contributed by atoms with Gasteiger partial charge in [0.2, 0.25) is 20.0 Å². The molecule has 2 aromatic carbocycles. The molecule has 0 aromatic heterocycles. The highest BCUT2D eigenvalue weighted by atomic mass is 35.5. The molecule has 0 aliphatic heterocycles. The second-order valence-corrected chi connectivity index (χ2v) is 8.57. The molecule has 2 aromatic rings. The maximum Gasteiger partial charge on any atom is 0.241 e. The number of nitrogens with one attached hydrogen (secondary N) is 1. The monoisotopic (exact) mass is 374 g/mol. The number of rotatable bonds is 5. The van der Waals surface area contributed by atoms with Crippen molar-refractivity contribution in [2.45, 2.75) is 22.8 Å². The van der Waals surface area contributed by atoms with Gasteiger partial charge in [-0.15, -0.1) is 0 Å². The molecule has 0 saturated carbocycles. The summed E-state index contributed by atoms with van der Waals surface area (Å²) in [5, 5.41) is 5.45. The molecule has 0 aliphatic carbocycles. The van der Waals surface area contributed by atoms with Crippen LogP contribution >= 0.6 is 11.6 Å². The summed E-state index contributed by atoms with van der Waals surface area (Å²) in [6.45, 7) is 1.64. The van der Waals surface area contributed by atoms with E-state index >= 15 is 0 Å². The molecule has 0 spiro atoms. The van der Waals surface area contributed by atoms with E-state index in [1.54, 1.807) is 31.2 Å². The molecule has 0 heterocycles. The molecule has 0 saturated heterocycles. The molecule has 124 valence electrons. The third kappa shape index (κ3) is 4.30. The van der Waals surface area contributed by atoms with Gasteiger partial charge in [-0.2, -0.15) is 0 Å². The highest BCUT2D eigenvalue weighted by Crippen LogP contribution is 2.24. The van der Waals surface area contributed by atoms with Crippen LogP contribution in [-0.4, -0.2) is 16.8 Å². The summed E-state index contributed by atoms with van der Waals surface area (Å²) < 4.78 is 50.0. The fraction of sp³-hybridized carbons (Fsp3) is 0.143. The van der Waals surface area contributed by atoms with Crippen molar-refractivity contribution in [3.8, 4) is 0 Å². The van der Waals surface area contributed by atoms with Crippen LogP contribution in [0, 0.1) is 0 Å². The van der Waals surface area contributed by atoms with E-state index in [-0.39, 0.29) is 9.79 Å². The summed E-state index contributed by atoms with van der Waals surface area (Å²) in [5.74, 6) is 0. The SMILES string of the molecule is C[C@H](NS(=O)(=O)c1cccc(S(N)(=O)=O)c1)c1ccccc1Cl. The third-order valence-electron chi connectivity index (χ3n) is 3.15. The second-order valence-electron chi connectivity index (χ2n) is 4.88. The van der Waals surface area contributed by atoms with Crippen LogP contribution in [0.25, 0.3) is 0 Å². The number of primary sulfonamides is 1. The molecule has 0 fully saturated rings. The van der Waals surface area contributed by atoms with E-state index in [1.165, 1.54) is 18.2 Å². The van der Waals surface area contributed by atoms with E-state index in [0.29, 0.717) is 10.6 Å². The molecular weight excluding hydrogens is 360 g/mol. The van der Waals surface area contributed by atoms with Gasteiger partial charge in [0.05, 0.1) is 9.79 Å². The van der Waals surface area contributed by atoms with Gasteiger partial charge in [-0.05, 0) is 36.8 Å². The van der Waals surface area contributed by atoms with Crippen LogP contribution in [0.2, 0.25) is 5.02 Å². The zero-order chi connectivity index (χ0) is 17.3. The minimum atomic E-state index is -3.99. The van der Waals surface area contributed by atoms with Gasteiger partial charge in [0.1, 0.15) is 0 Å². The first-order chi connectivity index (χ1) is 10.6. The molecule has 0 bridgehead atoms. The molecular formula is C14H15ClN2O4S2. The van der Waals surface area contributed by atoms with Crippen LogP contribution in [0.1, 0.15) is 18.5 Å². The van der Waals surface area contributed by atoms with Crippen LogP contribution < -0.4 is 9.86 Å². The Morgan fingerprint density at radius 3 is 2.22 bits per heavy atom. The summed E-state index contributed by atoms with van der Waals surface area (Å²) in [4.78, 5) is -0.464. The van der Waals surface area contributed by atoms with Gasteiger partial charge in [0.25, 0.3) is 0 Å². The lowest BCUT2D eigenvalue weighted by atomic mass is 10.1. The lowest BCUT2D eigenvalue weighted by molar-refractivity contribution is 0.566. The van der Waals surface area contributed by atoms with Gasteiger partial charge in [-0.25, -0.2) is 26.7 Å². The van der Waals surface area contributed by atoms with Crippen LogP contribution in [0.4, 0.5) is 0 Å². The summed E-state index contributed by atoms with van der Waals surface area (Å²) in [6, 6.07) is 11.1. The minimum Gasteiger partial charge on any atom is -0.225 e. The zero-order valence-electron chi connectivity index (χ0n) is 12.1. The van der Waals surface area contributed by atoms with Crippen molar-refractivity contribution in [3.63, 3.8) is 0 Å². The quantitative estimate of drug-likeness (QED) is 0.834. The number of hydrogen-bond donors (Lipinski definition) is 2. The average Bonchev–Trinajstić information content (AvgIpc) is 2.46. The number of nitrogens with two attached hydrogens (primary N) is 1. The summed E-state index contributed by atoms with van der Waals surface area (Å²) >= 11 is 6.05. The van der Waals surface area contributed by atoms with Gasteiger partial charge in [0.15, 0.2) is 0 Å². The van der Waals surface area contributed by atoms with E-state index in [9.17, 15) is 16.8 Å². The first kappa shape index (κ1) is 17.9. The fourth-order valence-electron chi connectivity index (χ4n) is 2.01. The van der Waals surface area contributed by atoms with E-state index in [2.05, 4.69) is 4.72 Å². The molecule has 0 aliphatic rings. The van der Waals surface area contributed by atoms with E-state index < -0.39 is 26.1 Å². The van der Waals surface area contributed by atoms with Crippen LogP contribution in [0.15, 0.2) is 58.3 Å². The molecule has 0 unspecified atom stereocenters. The Bertz CT molecular complexity index is 927. The number of sulfonamides is 2. The Hall–Kier alpha value is -1.45. The smallest absolute Gasteiger partial charge is 0.225 e. The minimum absolute atomic E-state index is 0.192. The summed E-state index contributed by atoms with van der Waals surface area (Å²) in [5.41, 5.74) is 0.611. The first-order valence-electron chi connectivity index (χ1n) is 6.51. The van der Waals surface area contributed by atoms with Crippen molar-refractivity contribution < 1.29 is 16.8 Å². The predicted octanol–water partition coefficient (Wildman–Crippen LogP) is 2.03. The third-order valence-corrected chi connectivity index (χ3v) is 5.94. The maximum absolute atomic E-state index is 12.4. The molecule has 1 atom stereocenters. The zero-order valence-corrected chi connectivity index (χ0v) is 14.5. The Kier molecular flexibility index (Phi) is 5.12. The largest absolute Gasteiger partial charge is 0.241 e. The van der Waals surface area contributed by atoms with Gasteiger partial charge in [0, 0.05) is 11.1 Å². The predicted molar refractivity (Wildman–Crippen MR) is 88.0 cm³/mol. The molecule has 0 radical (unpaired) electrons. The summed E-state index contributed by atoms with van der Waals surface area (Å²) in [7, 11) is -7.92. The Morgan fingerprint density at radius 1 is 1.00 bits per heavy atom. The molecule has 23 heavy (non-hydrogen) atoms. The lowest BCUT2D eigenvalue weighted by Gasteiger charge is -2.16.